The molecular weight excluding hydrogens is 231 g/mol. The number of ether oxygens (including phenoxy) is 1. The summed E-state index contributed by atoms with van der Waals surface area (Å²) in [5.74, 6) is -0.0998. The summed E-state index contributed by atoms with van der Waals surface area (Å²) in [7, 11) is 1.55. The van der Waals surface area contributed by atoms with Crippen molar-refractivity contribution in [2.45, 2.75) is 6.42 Å². The number of para-hydroxylation sites is 1. The van der Waals surface area contributed by atoms with E-state index in [4.69, 9.17) is 4.74 Å². The van der Waals surface area contributed by atoms with E-state index < -0.39 is 5.82 Å². The molecule has 92 valence electrons. The lowest BCUT2D eigenvalue weighted by Gasteiger charge is -2.07. The summed E-state index contributed by atoms with van der Waals surface area (Å²) in [5.41, 5.74) is 0.872. The first-order valence-electron chi connectivity index (χ1n) is 5.62. The lowest BCUT2D eigenvalue weighted by atomic mass is 10.0. The minimum atomic E-state index is -0.489. The average molecular weight is 244 g/mol. The zero-order chi connectivity index (χ0) is 13.0. The molecule has 0 atom stereocenters. The van der Waals surface area contributed by atoms with Crippen LogP contribution < -0.4 is 4.74 Å². The minimum absolute atomic E-state index is 0.114. The molecular formula is C15H13FO2. The van der Waals surface area contributed by atoms with Gasteiger partial charge in [-0.25, -0.2) is 4.39 Å². The highest BCUT2D eigenvalue weighted by Gasteiger charge is 2.13. The quantitative estimate of drug-likeness (QED) is 0.772. The van der Waals surface area contributed by atoms with E-state index in [1.807, 2.05) is 12.1 Å². The van der Waals surface area contributed by atoms with Gasteiger partial charge in [0.2, 0.25) is 0 Å². The van der Waals surface area contributed by atoms with E-state index in [2.05, 4.69) is 0 Å². The van der Waals surface area contributed by atoms with Crippen LogP contribution in [0.4, 0.5) is 4.39 Å². The van der Waals surface area contributed by atoms with Crippen molar-refractivity contribution in [3.8, 4) is 5.75 Å². The van der Waals surface area contributed by atoms with Crippen molar-refractivity contribution in [3.63, 3.8) is 0 Å². The van der Waals surface area contributed by atoms with Crippen LogP contribution in [0.15, 0.2) is 48.5 Å². The highest BCUT2D eigenvalue weighted by Crippen LogP contribution is 2.20. The molecule has 0 aliphatic heterocycles. The lowest BCUT2D eigenvalue weighted by Crippen LogP contribution is -2.07. The smallest absolute Gasteiger partial charge is 0.170 e. The largest absolute Gasteiger partial charge is 0.496 e. The number of benzene rings is 2. The molecule has 0 N–H and O–H groups in total. The number of methoxy groups -OCH3 is 1. The Balaban J connectivity index is 2.24. The van der Waals surface area contributed by atoms with Crippen LogP contribution in [0, 0.1) is 5.82 Å². The summed E-state index contributed by atoms with van der Waals surface area (Å²) < 4.78 is 18.6. The maximum atomic E-state index is 13.5. The zero-order valence-electron chi connectivity index (χ0n) is 10.0. The maximum absolute atomic E-state index is 13.5. The summed E-state index contributed by atoms with van der Waals surface area (Å²) in [6.45, 7) is 0. The monoisotopic (exact) mass is 244 g/mol. The van der Waals surface area contributed by atoms with Crippen LogP contribution in [0.25, 0.3) is 0 Å². The van der Waals surface area contributed by atoms with Gasteiger partial charge < -0.3 is 4.74 Å². The molecule has 0 aromatic heterocycles. The molecule has 2 rings (SSSR count). The predicted octanol–water partition coefficient (Wildman–Crippen LogP) is 3.26. The number of rotatable bonds is 4. The molecule has 0 aliphatic carbocycles. The number of ketones is 1. The third-order valence-corrected chi connectivity index (χ3v) is 2.72. The van der Waals surface area contributed by atoms with Gasteiger partial charge in [0.25, 0.3) is 0 Å². The van der Waals surface area contributed by atoms with E-state index in [9.17, 15) is 9.18 Å². The molecule has 0 fully saturated rings. The molecule has 3 heteroatoms. The molecule has 2 aromatic rings. The Morgan fingerprint density at radius 1 is 1.11 bits per heavy atom. The molecule has 18 heavy (non-hydrogen) atoms. The van der Waals surface area contributed by atoms with Gasteiger partial charge in [0.15, 0.2) is 5.78 Å². The van der Waals surface area contributed by atoms with E-state index in [0.29, 0.717) is 5.75 Å². The minimum Gasteiger partial charge on any atom is -0.496 e. The fourth-order valence-electron chi connectivity index (χ4n) is 1.80. The predicted molar refractivity (Wildman–Crippen MR) is 67.4 cm³/mol. The van der Waals surface area contributed by atoms with Crippen LogP contribution >= 0.6 is 0 Å². The Kier molecular flexibility index (Phi) is 3.72. The van der Waals surface area contributed by atoms with Crippen molar-refractivity contribution in [3.05, 3.63) is 65.5 Å². The Morgan fingerprint density at radius 3 is 2.50 bits per heavy atom. The highest BCUT2D eigenvalue weighted by atomic mass is 19.1. The average Bonchev–Trinajstić information content (AvgIpc) is 2.39. The second-order valence-electron chi connectivity index (χ2n) is 3.89. The summed E-state index contributed by atoms with van der Waals surface area (Å²) in [6, 6.07) is 13.2. The van der Waals surface area contributed by atoms with Gasteiger partial charge in [-0.1, -0.05) is 30.3 Å². The van der Waals surface area contributed by atoms with Gasteiger partial charge >= 0.3 is 0 Å². The molecule has 0 saturated heterocycles. The Labute approximate surface area is 105 Å². The molecule has 0 bridgehead atoms. The van der Waals surface area contributed by atoms with E-state index in [-0.39, 0.29) is 17.8 Å². The zero-order valence-corrected chi connectivity index (χ0v) is 10.0. The molecule has 0 radical (unpaired) electrons. The Hall–Kier alpha value is -2.16. The van der Waals surface area contributed by atoms with Gasteiger partial charge in [0, 0.05) is 12.0 Å². The first-order chi connectivity index (χ1) is 8.72. The van der Waals surface area contributed by atoms with Crippen LogP contribution in [-0.4, -0.2) is 12.9 Å². The number of Topliss-reactive ketones (excluding diaryl/α,β-unsaturated/α-hetero) is 1. The van der Waals surface area contributed by atoms with Crippen molar-refractivity contribution in [1.82, 2.24) is 0 Å². The van der Waals surface area contributed by atoms with E-state index in [1.165, 1.54) is 12.1 Å². The molecule has 0 aliphatic rings. The van der Waals surface area contributed by atoms with Crippen molar-refractivity contribution in [2.75, 3.05) is 7.11 Å². The number of carbonyl (C=O) groups excluding carboxylic acids is 1. The summed E-state index contributed by atoms with van der Waals surface area (Å²) in [5, 5.41) is 0. The van der Waals surface area contributed by atoms with E-state index in [0.717, 1.165) is 5.56 Å². The molecule has 0 amide bonds. The van der Waals surface area contributed by atoms with Gasteiger partial charge in [-0.05, 0) is 18.2 Å². The van der Waals surface area contributed by atoms with Crippen LogP contribution in [-0.2, 0) is 6.42 Å². The molecule has 0 heterocycles. The normalized spacial score (nSPS) is 10.1. The number of halogens is 1. The van der Waals surface area contributed by atoms with Gasteiger partial charge in [-0.2, -0.15) is 0 Å². The van der Waals surface area contributed by atoms with Crippen LogP contribution in [0.3, 0.4) is 0 Å². The Bertz CT molecular complexity index is 564. The van der Waals surface area contributed by atoms with Crippen molar-refractivity contribution >= 4 is 5.78 Å². The SMILES string of the molecule is COc1ccccc1CC(=O)c1ccccc1F. The lowest BCUT2D eigenvalue weighted by molar-refractivity contribution is 0.0988. The number of hydrogen-bond donors (Lipinski definition) is 0. The fraction of sp³-hybridized carbons (Fsp3) is 0.133. The second kappa shape index (κ2) is 5.45. The second-order valence-corrected chi connectivity index (χ2v) is 3.89. The first kappa shape index (κ1) is 12.3. The van der Waals surface area contributed by atoms with Crippen LogP contribution in [0.5, 0.6) is 5.75 Å². The third kappa shape index (κ3) is 2.56. The molecule has 2 nitrogen and oxygen atoms in total. The Morgan fingerprint density at radius 2 is 1.78 bits per heavy atom. The third-order valence-electron chi connectivity index (χ3n) is 2.72. The highest BCUT2D eigenvalue weighted by molar-refractivity contribution is 5.98. The molecule has 2 aromatic carbocycles. The van der Waals surface area contributed by atoms with Crippen LogP contribution in [0.1, 0.15) is 15.9 Å². The maximum Gasteiger partial charge on any atom is 0.170 e. The van der Waals surface area contributed by atoms with E-state index >= 15 is 0 Å². The number of hydrogen-bond acceptors (Lipinski definition) is 2. The summed E-state index contributed by atoms with van der Waals surface area (Å²) >= 11 is 0. The van der Waals surface area contributed by atoms with Crippen molar-refractivity contribution < 1.29 is 13.9 Å². The molecule has 0 saturated carbocycles. The molecule has 0 spiro atoms. The van der Waals surface area contributed by atoms with E-state index in [1.54, 1.807) is 31.4 Å². The standard InChI is InChI=1S/C15H13FO2/c1-18-15-9-5-2-6-11(15)10-14(17)12-7-3-4-8-13(12)16/h2-9H,10H2,1H3. The summed E-state index contributed by atoms with van der Waals surface area (Å²) in [4.78, 5) is 12.0. The topological polar surface area (TPSA) is 26.3 Å². The van der Waals surface area contributed by atoms with Crippen molar-refractivity contribution in [2.24, 2.45) is 0 Å². The summed E-state index contributed by atoms with van der Waals surface area (Å²) in [6.07, 6.45) is 0.130. The van der Waals surface area contributed by atoms with Crippen molar-refractivity contribution in [1.29, 1.82) is 0 Å². The van der Waals surface area contributed by atoms with Gasteiger partial charge in [0.05, 0.1) is 12.7 Å². The first-order valence-corrected chi connectivity index (χ1v) is 5.62. The fourth-order valence-corrected chi connectivity index (χ4v) is 1.80. The van der Waals surface area contributed by atoms with Gasteiger partial charge in [-0.15, -0.1) is 0 Å². The van der Waals surface area contributed by atoms with Gasteiger partial charge in [0.1, 0.15) is 11.6 Å². The van der Waals surface area contributed by atoms with Gasteiger partial charge in [-0.3, -0.25) is 4.79 Å². The van der Waals surface area contributed by atoms with Crippen LogP contribution in [0.2, 0.25) is 0 Å². The molecule has 0 unspecified atom stereocenters. The number of carbonyl (C=O) groups is 1.